The van der Waals surface area contributed by atoms with Crippen LogP contribution in [0, 0.1) is 0 Å². The Morgan fingerprint density at radius 2 is 2.44 bits per heavy atom. The van der Waals surface area contributed by atoms with Crippen LogP contribution in [0.4, 0.5) is 0 Å². The van der Waals surface area contributed by atoms with Gasteiger partial charge in [0, 0.05) is 28.4 Å². The van der Waals surface area contributed by atoms with E-state index in [0.29, 0.717) is 6.04 Å². The van der Waals surface area contributed by atoms with Gasteiger partial charge in [0.15, 0.2) is 0 Å². The molecule has 2 rings (SSSR count). The Kier molecular flexibility index (Phi) is 5.24. The molecular formula is C14H22BrNOS. The molecule has 1 aromatic heterocycles. The maximum Gasteiger partial charge on any atom is 0.0811 e. The van der Waals surface area contributed by atoms with Gasteiger partial charge < -0.3 is 10.1 Å². The van der Waals surface area contributed by atoms with E-state index >= 15 is 0 Å². The molecule has 1 fully saturated rings. The molecular weight excluding hydrogens is 310 g/mol. The molecule has 1 aliphatic heterocycles. The molecule has 0 aliphatic carbocycles. The lowest BCUT2D eigenvalue weighted by Crippen LogP contribution is -2.50. The molecule has 102 valence electrons. The molecule has 0 spiro atoms. The highest BCUT2D eigenvalue weighted by Gasteiger charge is 2.38. The zero-order chi connectivity index (χ0) is 13.0. The van der Waals surface area contributed by atoms with E-state index in [2.05, 4.69) is 46.5 Å². The molecule has 18 heavy (non-hydrogen) atoms. The van der Waals surface area contributed by atoms with Gasteiger partial charge in [0.1, 0.15) is 0 Å². The second-order valence-corrected chi connectivity index (χ2v) is 7.02. The van der Waals surface area contributed by atoms with Crippen molar-refractivity contribution in [2.75, 3.05) is 13.2 Å². The van der Waals surface area contributed by atoms with Crippen molar-refractivity contribution in [3.8, 4) is 0 Å². The van der Waals surface area contributed by atoms with E-state index in [-0.39, 0.29) is 5.60 Å². The van der Waals surface area contributed by atoms with Gasteiger partial charge in [0.2, 0.25) is 0 Å². The lowest BCUT2D eigenvalue weighted by molar-refractivity contribution is -0.0112. The first-order chi connectivity index (χ1) is 8.65. The molecule has 0 saturated carbocycles. The van der Waals surface area contributed by atoms with Gasteiger partial charge in [0.25, 0.3) is 0 Å². The minimum atomic E-state index is -0.00139. The Hall–Kier alpha value is 0.1000. The van der Waals surface area contributed by atoms with Crippen LogP contribution in [0.2, 0.25) is 0 Å². The summed E-state index contributed by atoms with van der Waals surface area (Å²) in [6, 6.07) is 2.55. The van der Waals surface area contributed by atoms with Gasteiger partial charge in [-0.05, 0) is 60.1 Å². The maximum absolute atomic E-state index is 6.02. The van der Waals surface area contributed by atoms with Gasteiger partial charge in [0.05, 0.1) is 5.60 Å². The summed E-state index contributed by atoms with van der Waals surface area (Å²) in [6.07, 6.45) is 4.57. The van der Waals surface area contributed by atoms with Crippen LogP contribution in [0.5, 0.6) is 0 Å². The highest BCUT2D eigenvalue weighted by Crippen LogP contribution is 2.33. The number of rotatable bonds is 6. The smallest absolute Gasteiger partial charge is 0.0811 e. The Bertz CT molecular complexity index is 374. The van der Waals surface area contributed by atoms with E-state index in [9.17, 15) is 0 Å². The lowest BCUT2D eigenvalue weighted by atomic mass is 9.90. The molecule has 1 saturated heterocycles. The van der Waals surface area contributed by atoms with E-state index in [0.717, 1.165) is 32.4 Å². The van der Waals surface area contributed by atoms with Crippen molar-refractivity contribution in [1.29, 1.82) is 0 Å². The first-order valence-corrected chi connectivity index (χ1v) is 8.42. The van der Waals surface area contributed by atoms with Crippen molar-refractivity contribution < 1.29 is 4.74 Å². The van der Waals surface area contributed by atoms with Gasteiger partial charge in [-0.3, -0.25) is 0 Å². The fraction of sp³-hybridized carbons (Fsp3) is 0.714. The molecule has 2 heterocycles. The summed E-state index contributed by atoms with van der Waals surface area (Å²) in [4.78, 5) is 1.42. The second kappa shape index (κ2) is 6.51. The molecule has 1 aromatic rings. The van der Waals surface area contributed by atoms with Crippen LogP contribution in [-0.2, 0) is 11.2 Å². The van der Waals surface area contributed by atoms with Crippen LogP contribution >= 0.6 is 27.3 Å². The van der Waals surface area contributed by atoms with Gasteiger partial charge in [-0.15, -0.1) is 11.3 Å². The first-order valence-electron chi connectivity index (χ1n) is 6.75. The van der Waals surface area contributed by atoms with Gasteiger partial charge in [-0.25, -0.2) is 0 Å². The molecule has 2 unspecified atom stereocenters. The topological polar surface area (TPSA) is 21.3 Å². The highest BCUT2D eigenvalue weighted by atomic mass is 79.9. The van der Waals surface area contributed by atoms with Gasteiger partial charge in [-0.1, -0.05) is 6.92 Å². The summed E-state index contributed by atoms with van der Waals surface area (Å²) < 4.78 is 7.25. The molecule has 1 aliphatic rings. The predicted molar refractivity (Wildman–Crippen MR) is 81.4 cm³/mol. The molecule has 0 radical (unpaired) electrons. The van der Waals surface area contributed by atoms with Gasteiger partial charge in [-0.2, -0.15) is 0 Å². The molecule has 4 heteroatoms. The van der Waals surface area contributed by atoms with Crippen LogP contribution in [0.1, 0.15) is 38.0 Å². The Labute approximate surface area is 122 Å². The predicted octanol–water partition coefficient (Wildman–Crippen LogP) is 3.99. The van der Waals surface area contributed by atoms with Gasteiger partial charge >= 0.3 is 0 Å². The quantitative estimate of drug-likeness (QED) is 0.850. The molecule has 2 nitrogen and oxygen atoms in total. The normalized spacial score (nSPS) is 25.5. The molecule has 0 amide bonds. The number of thiophene rings is 1. The van der Waals surface area contributed by atoms with Crippen LogP contribution in [0.3, 0.4) is 0 Å². The third-order valence-corrected chi connectivity index (χ3v) is 5.66. The van der Waals surface area contributed by atoms with Crippen molar-refractivity contribution in [3.63, 3.8) is 0 Å². The van der Waals surface area contributed by atoms with E-state index < -0.39 is 0 Å². The zero-order valence-electron chi connectivity index (χ0n) is 11.2. The summed E-state index contributed by atoms with van der Waals surface area (Å²) >= 11 is 5.46. The number of hydrogen-bond donors (Lipinski definition) is 1. The number of hydrogen-bond acceptors (Lipinski definition) is 3. The minimum Gasteiger partial charge on any atom is -0.374 e. The Balaban J connectivity index is 2.07. The van der Waals surface area contributed by atoms with E-state index in [4.69, 9.17) is 4.74 Å². The fourth-order valence-corrected chi connectivity index (χ4v) is 4.12. The Morgan fingerprint density at radius 1 is 1.61 bits per heavy atom. The molecule has 0 bridgehead atoms. The SMILES string of the molecule is CCCNC(Cc1sccc1Br)C1(C)CCCO1. The average Bonchev–Trinajstić information content (AvgIpc) is 2.95. The van der Waals surface area contributed by atoms with E-state index in [1.165, 1.54) is 15.8 Å². The summed E-state index contributed by atoms with van der Waals surface area (Å²) in [7, 11) is 0. The standard InChI is InChI=1S/C14H22BrNOS/c1-3-7-16-13(14(2)6-4-8-17-14)10-12-11(15)5-9-18-12/h5,9,13,16H,3-4,6-8,10H2,1-2H3. The zero-order valence-corrected chi connectivity index (χ0v) is 13.6. The minimum absolute atomic E-state index is 0.00139. The summed E-state index contributed by atoms with van der Waals surface area (Å²) in [5, 5.41) is 5.83. The van der Waals surface area contributed by atoms with E-state index in [1.807, 2.05) is 11.3 Å². The Morgan fingerprint density at radius 3 is 3.00 bits per heavy atom. The third-order valence-electron chi connectivity index (χ3n) is 3.71. The fourth-order valence-electron chi connectivity index (χ4n) is 2.55. The average molecular weight is 332 g/mol. The number of nitrogens with one attached hydrogen (secondary N) is 1. The number of ether oxygens (including phenoxy) is 1. The van der Waals surface area contributed by atoms with Crippen LogP contribution < -0.4 is 5.32 Å². The van der Waals surface area contributed by atoms with Crippen molar-refractivity contribution in [3.05, 3.63) is 20.8 Å². The van der Waals surface area contributed by atoms with Crippen molar-refractivity contribution in [1.82, 2.24) is 5.32 Å². The molecule has 2 atom stereocenters. The molecule has 1 N–H and O–H groups in total. The highest BCUT2D eigenvalue weighted by molar-refractivity contribution is 9.10. The summed E-state index contributed by atoms with van der Waals surface area (Å²) in [6.45, 7) is 6.44. The summed E-state index contributed by atoms with van der Waals surface area (Å²) in [5.74, 6) is 0. The lowest BCUT2D eigenvalue weighted by Gasteiger charge is -2.34. The monoisotopic (exact) mass is 331 g/mol. The van der Waals surface area contributed by atoms with Crippen LogP contribution in [-0.4, -0.2) is 24.8 Å². The second-order valence-electron chi connectivity index (χ2n) is 5.17. The third kappa shape index (κ3) is 3.35. The molecule has 0 aromatic carbocycles. The van der Waals surface area contributed by atoms with Crippen molar-refractivity contribution >= 4 is 27.3 Å². The van der Waals surface area contributed by atoms with Crippen molar-refractivity contribution in [2.24, 2.45) is 0 Å². The number of halogens is 1. The van der Waals surface area contributed by atoms with Crippen LogP contribution in [0.15, 0.2) is 15.9 Å². The van der Waals surface area contributed by atoms with Crippen LogP contribution in [0.25, 0.3) is 0 Å². The first kappa shape index (κ1) is 14.5. The largest absolute Gasteiger partial charge is 0.374 e. The summed E-state index contributed by atoms with van der Waals surface area (Å²) in [5.41, 5.74) is -0.00139. The van der Waals surface area contributed by atoms with E-state index in [1.54, 1.807) is 0 Å². The maximum atomic E-state index is 6.02. The van der Waals surface area contributed by atoms with Crippen molar-refractivity contribution in [2.45, 2.75) is 51.2 Å².